The van der Waals surface area contributed by atoms with Gasteiger partial charge in [0.05, 0.1) is 23.8 Å². The van der Waals surface area contributed by atoms with Gasteiger partial charge in [-0.05, 0) is 49.9 Å². The summed E-state index contributed by atoms with van der Waals surface area (Å²) < 4.78 is 53.0. The Balaban J connectivity index is 1.44. The fourth-order valence-electron chi connectivity index (χ4n) is 5.09. The van der Waals surface area contributed by atoms with Gasteiger partial charge in [-0.1, -0.05) is 6.42 Å². The van der Waals surface area contributed by atoms with Crippen molar-refractivity contribution in [3.8, 4) is 0 Å². The van der Waals surface area contributed by atoms with Crippen LogP contribution in [-0.2, 0) is 0 Å². The molecule has 0 radical (unpaired) electrons. The van der Waals surface area contributed by atoms with Crippen molar-refractivity contribution in [3.05, 3.63) is 42.0 Å². The number of urea groups is 1. The molecule has 3 atom stereocenters. The highest BCUT2D eigenvalue weighted by Crippen LogP contribution is 2.45. The number of alkyl halides is 3. The number of nitrogens with one attached hydrogen (secondary N) is 1. The first-order valence-electron chi connectivity index (χ1n) is 10.8. The summed E-state index contributed by atoms with van der Waals surface area (Å²) in [5.41, 5.74) is 1.39. The molecule has 2 aromatic rings. The van der Waals surface area contributed by atoms with Crippen LogP contribution in [0.5, 0.6) is 0 Å². The number of nitrogens with zero attached hydrogens (tertiary/aromatic N) is 4. The van der Waals surface area contributed by atoms with Gasteiger partial charge in [0.25, 0.3) is 0 Å². The number of hydrogen-bond acceptors (Lipinski definition) is 4. The number of pyridine rings is 2. The summed E-state index contributed by atoms with van der Waals surface area (Å²) in [6.07, 6.45) is -1.09. The van der Waals surface area contributed by atoms with Crippen LogP contribution in [0.2, 0.25) is 0 Å². The molecule has 0 aromatic carbocycles. The highest BCUT2D eigenvalue weighted by atomic mass is 19.4. The minimum absolute atomic E-state index is 0.0219. The number of carbonyl (C=O) groups excluding carboxylic acids is 1. The first kappa shape index (κ1) is 21.0. The van der Waals surface area contributed by atoms with Gasteiger partial charge in [0.15, 0.2) is 5.82 Å². The second-order valence-corrected chi connectivity index (χ2v) is 8.73. The normalized spacial score (nSPS) is 24.9. The summed E-state index contributed by atoms with van der Waals surface area (Å²) in [5, 5.41) is 2.69. The maximum atomic E-state index is 13.3. The Hall–Kier alpha value is -2.91. The minimum atomic E-state index is -4.20. The molecule has 4 heterocycles. The van der Waals surface area contributed by atoms with E-state index in [1.165, 1.54) is 12.1 Å². The van der Waals surface area contributed by atoms with Gasteiger partial charge in [0, 0.05) is 24.7 Å². The van der Waals surface area contributed by atoms with Crippen LogP contribution < -0.4 is 15.1 Å². The van der Waals surface area contributed by atoms with Gasteiger partial charge in [-0.2, -0.15) is 13.2 Å². The van der Waals surface area contributed by atoms with E-state index < -0.39 is 23.9 Å². The van der Waals surface area contributed by atoms with Crippen molar-refractivity contribution in [2.24, 2.45) is 5.92 Å². The molecule has 6 nitrogen and oxygen atoms in total. The lowest BCUT2D eigenvalue weighted by atomic mass is 9.79. The molecule has 32 heavy (non-hydrogen) atoms. The first-order valence-corrected chi connectivity index (χ1v) is 10.8. The monoisotopic (exact) mass is 449 g/mol. The van der Waals surface area contributed by atoms with E-state index in [4.69, 9.17) is 4.98 Å². The lowest BCUT2D eigenvalue weighted by Crippen LogP contribution is -2.48. The average Bonchev–Trinajstić information content (AvgIpc) is 3.19. The highest BCUT2D eigenvalue weighted by Gasteiger charge is 2.44. The fourth-order valence-corrected chi connectivity index (χ4v) is 5.09. The molecule has 2 aromatic heterocycles. The van der Waals surface area contributed by atoms with Crippen molar-refractivity contribution in [1.82, 2.24) is 9.97 Å². The molecule has 3 aliphatic rings. The number of hydrogen-bond donors (Lipinski definition) is 1. The van der Waals surface area contributed by atoms with E-state index in [9.17, 15) is 22.4 Å². The summed E-state index contributed by atoms with van der Waals surface area (Å²) in [6.45, 7) is 1.44. The number of fused-ring (bicyclic) bond motifs is 4. The highest BCUT2D eigenvalue weighted by molar-refractivity contribution is 6.04. The fraction of sp³-hybridized carbons (Fsp3) is 0.500. The number of anilines is 3. The van der Waals surface area contributed by atoms with Crippen LogP contribution in [0.25, 0.3) is 0 Å². The maximum absolute atomic E-state index is 13.3. The number of carbonyl (C=O) groups is 1. The molecule has 1 aliphatic carbocycles. The van der Waals surface area contributed by atoms with E-state index in [1.54, 1.807) is 11.0 Å². The van der Waals surface area contributed by atoms with Crippen molar-refractivity contribution in [2.45, 2.75) is 50.2 Å². The molecule has 2 unspecified atom stereocenters. The predicted octanol–water partition coefficient (Wildman–Crippen LogP) is 5.08. The van der Waals surface area contributed by atoms with Crippen molar-refractivity contribution in [2.75, 3.05) is 28.2 Å². The molecule has 1 N–H and O–H groups in total. The molecule has 2 bridgehead atoms. The molecule has 2 amide bonds. The van der Waals surface area contributed by atoms with E-state index in [1.807, 2.05) is 6.07 Å². The Morgan fingerprint density at radius 2 is 1.97 bits per heavy atom. The topological polar surface area (TPSA) is 61.4 Å². The second kappa shape index (κ2) is 7.90. The van der Waals surface area contributed by atoms with Crippen LogP contribution in [0.4, 0.5) is 39.7 Å². The van der Waals surface area contributed by atoms with E-state index in [0.717, 1.165) is 24.8 Å². The van der Waals surface area contributed by atoms with Gasteiger partial charge in [-0.3, -0.25) is 10.2 Å². The van der Waals surface area contributed by atoms with Crippen molar-refractivity contribution in [1.29, 1.82) is 0 Å². The zero-order valence-corrected chi connectivity index (χ0v) is 17.3. The number of halogens is 4. The van der Waals surface area contributed by atoms with Crippen molar-refractivity contribution < 1.29 is 22.4 Å². The molecule has 2 aliphatic heterocycles. The molecule has 2 fully saturated rings. The Labute approximate surface area is 182 Å². The van der Waals surface area contributed by atoms with Gasteiger partial charge in [0.1, 0.15) is 11.6 Å². The summed E-state index contributed by atoms with van der Waals surface area (Å²) in [4.78, 5) is 25.5. The molecule has 5 rings (SSSR count). The van der Waals surface area contributed by atoms with Gasteiger partial charge in [-0.15, -0.1) is 0 Å². The Morgan fingerprint density at radius 1 is 1.12 bits per heavy atom. The third-order valence-electron chi connectivity index (χ3n) is 6.71. The molecule has 1 saturated carbocycles. The van der Waals surface area contributed by atoms with Crippen molar-refractivity contribution >= 4 is 23.4 Å². The lowest BCUT2D eigenvalue weighted by Gasteiger charge is -2.37. The molecule has 10 heteroatoms. The molecule has 0 spiro atoms. The third-order valence-corrected chi connectivity index (χ3v) is 6.71. The zero-order chi connectivity index (χ0) is 22.5. The van der Waals surface area contributed by atoms with Crippen LogP contribution >= 0.6 is 0 Å². The smallest absolute Gasteiger partial charge is 0.366 e. The Kier molecular flexibility index (Phi) is 5.17. The zero-order valence-electron chi connectivity index (χ0n) is 17.3. The van der Waals surface area contributed by atoms with Crippen LogP contribution in [0, 0.1) is 11.7 Å². The largest absolute Gasteiger partial charge is 0.391 e. The molecule has 1 saturated heterocycles. The average molecular weight is 449 g/mol. The molecular weight excluding hydrogens is 426 g/mol. The van der Waals surface area contributed by atoms with Gasteiger partial charge in [0.2, 0.25) is 0 Å². The number of aromatic nitrogens is 2. The van der Waals surface area contributed by atoms with Crippen LogP contribution in [-0.4, -0.2) is 41.3 Å². The van der Waals surface area contributed by atoms with Gasteiger partial charge < -0.3 is 4.90 Å². The lowest BCUT2D eigenvalue weighted by molar-refractivity contribution is -0.183. The summed E-state index contributed by atoms with van der Waals surface area (Å²) in [6, 6.07) is 5.73. The number of amides is 2. The summed E-state index contributed by atoms with van der Waals surface area (Å²) in [7, 11) is 0. The molecular formula is C22H23F4N5O. The first-order chi connectivity index (χ1) is 15.3. The Morgan fingerprint density at radius 3 is 2.72 bits per heavy atom. The van der Waals surface area contributed by atoms with Crippen LogP contribution in [0.15, 0.2) is 30.5 Å². The Bertz CT molecular complexity index is 1010. The van der Waals surface area contributed by atoms with Gasteiger partial charge in [-0.25, -0.2) is 19.2 Å². The summed E-state index contributed by atoms with van der Waals surface area (Å²) >= 11 is 0. The van der Waals surface area contributed by atoms with E-state index in [0.29, 0.717) is 30.9 Å². The van der Waals surface area contributed by atoms with Crippen LogP contribution in [0.3, 0.4) is 0 Å². The molecule has 170 valence electrons. The SMILES string of the molecule is O=C(Nc1ccc(F)cn1)N1c2nc(C3CCCC(C(F)(F)F)C3)ccc2N2CC[C@H]1C2. The maximum Gasteiger partial charge on any atom is 0.391 e. The second-order valence-electron chi connectivity index (χ2n) is 8.73. The van der Waals surface area contributed by atoms with Crippen molar-refractivity contribution in [3.63, 3.8) is 0 Å². The van der Waals surface area contributed by atoms with Gasteiger partial charge >= 0.3 is 12.2 Å². The van der Waals surface area contributed by atoms with E-state index in [2.05, 4.69) is 15.2 Å². The standard InChI is InChI=1S/C22H23F4N5O/c23-15-4-7-19(27-11-15)29-21(32)31-16-8-9-30(12-16)18-6-5-17(28-20(18)31)13-2-1-3-14(10-13)22(24,25)26/h4-7,11,13-14,16H,1-3,8-10,12H2,(H,27,29,32)/t13?,14?,16-/m0/s1. The third kappa shape index (κ3) is 3.86. The minimum Gasteiger partial charge on any atom is -0.366 e. The number of rotatable bonds is 2. The van der Waals surface area contributed by atoms with E-state index >= 15 is 0 Å². The quantitative estimate of drug-likeness (QED) is 0.650. The van der Waals surface area contributed by atoms with Crippen LogP contribution in [0.1, 0.15) is 43.7 Å². The summed E-state index contributed by atoms with van der Waals surface area (Å²) in [5.74, 6) is -1.43. The van der Waals surface area contributed by atoms with E-state index in [-0.39, 0.29) is 30.6 Å². The predicted molar refractivity (Wildman–Crippen MR) is 111 cm³/mol.